The van der Waals surface area contributed by atoms with E-state index in [4.69, 9.17) is 4.74 Å². The van der Waals surface area contributed by atoms with Gasteiger partial charge in [-0.2, -0.15) is 0 Å². The summed E-state index contributed by atoms with van der Waals surface area (Å²) < 4.78 is 4.82. The number of rotatable bonds is 4. The summed E-state index contributed by atoms with van der Waals surface area (Å²) in [6, 6.07) is 0. The van der Waals surface area contributed by atoms with E-state index in [0.29, 0.717) is 6.61 Å². The van der Waals surface area contributed by atoms with Gasteiger partial charge < -0.3 is 4.74 Å². The molecule has 0 aliphatic carbocycles. The van der Waals surface area contributed by atoms with Crippen molar-refractivity contribution in [2.24, 2.45) is 11.3 Å². The molecule has 0 aromatic heterocycles. The molecule has 0 aromatic carbocycles. The Hall–Kier alpha value is -0.860. The number of Topliss-reactive ketones (excluding diaryl/α,β-unsaturated/α-hetero) is 1. The van der Waals surface area contributed by atoms with Crippen LogP contribution in [0.1, 0.15) is 34.6 Å². The second kappa shape index (κ2) is 4.40. The van der Waals surface area contributed by atoms with Gasteiger partial charge in [-0.15, -0.1) is 0 Å². The lowest BCUT2D eigenvalue weighted by Crippen LogP contribution is -2.37. The van der Waals surface area contributed by atoms with Crippen molar-refractivity contribution in [3.05, 3.63) is 0 Å². The molecule has 0 spiro atoms. The van der Waals surface area contributed by atoms with Crippen LogP contribution in [0.4, 0.5) is 0 Å². The molecular weight excluding hydrogens is 168 g/mol. The van der Waals surface area contributed by atoms with Gasteiger partial charge >= 0.3 is 5.97 Å². The predicted molar refractivity (Wildman–Crippen MR) is 50.3 cm³/mol. The lowest BCUT2D eigenvalue weighted by Gasteiger charge is -2.22. The van der Waals surface area contributed by atoms with Crippen molar-refractivity contribution in [3.8, 4) is 0 Å². The molecular formula is C10H18O3. The van der Waals surface area contributed by atoms with Crippen LogP contribution in [0, 0.1) is 11.3 Å². The van der Waals surface area contributed by atoms with E-state index < -0.39 is 11.4 Å². The second-order valence-corrected chi connectivity index (χ2v) is 3.86. The lowest BCUT2D eigenvalue weighted by molar-refractivity contribution is -0.158. The van der Waals surface area contributed by atoms with E-state index >= 15 is 0 Å². The van der Waals surface area contributed by atoms with Crippen LogP contribution in [0.25, 0.3) is 0 Å². The standard InChI is InChI=1S/C10H18O3/c1-6-13-9(12)10(4,5)8(11)7(2)3/h7H,6H2,1-5H3. The molecule has 13 heavy (non-hydrogen) atoms. The molecule has 0 saturated carbocycles. The van der Waals surface area contributed by atoms with Gasteiger partial charge in [-0.1, -0.05) is 13.8 Å². The third kappa shape index (κ3) is 2.83. The van der Waals surface area contributed by atoms with E-state index in [2.05, 4.69) is 0 Å². The zero-order chi connectivity index (χ0) is 10.6. The maximum atomic E-state index is 11.6. The van der Waals surface area contributed by atoms with Gasteiger partial charge in [0.1, 0.15) is 5.41 Å². The number of carbonyl (C=O) groups is 2. The molecule has 0 amide bonds. The topological polar surface area (TPSA) is 43.4 Å². The summed E-state index contributed by atoms with van der Waals surface area (Å²) in [6.07, 6.45) is 0. The Kier molecular flexibility index (Phi) is 4.11. The third-order valence-electron chi connectivity index (χ3n) is 1.93. The highest BCUT2D eigenvalue weighted by atomic mass is 16.5. The van der Waals surface area contributed by atoms with Crippen LogP contribution in [-0.4, -0.2) is 18.4 Å². The maximum absolute atomic E-state index is 11.6. The lowest BCUT2D eigenvalue weighted by atomic mass is 9.82. The molecule has 0 saturated heterocycles. The number of ketones is 1. The minimum absolute atomic E-state index is 0.0778. The van der Waals surface area contributed by atoms with Gasteiger partial charge in [-0.05, 0) is 20.8 Å². The fraction of sp³-hybridized carbons (Fsp3) is 0.800. The molecule has 0 unspecified atom stereocenters. The molecule has 0 aliphatic heterocycles. The number of carbonyl (C=O) groups excluding carboxylic acids is 2. The Morgan fingerprint density at radius 2 is 1.77 bits per heavy atom. The Bertz CT molecular complexity index is 204. The molecule has 0 atom stereocenters. The molecule has 0 radical (unpaired) electrons. The van der Waals surface area contributed by atoms with Gasteiger partial charge in [0.2, 0.25) is 0 Å². The van der Waals surface area contributed by atoms with E-state index in [1.807, 2.05) is 0 Å². The highest BCUT2D eigenvalue weighted by molar-refractivity contribution is 6.03. The molecule has 0 N–H and O–H groups in total. The minimum Gasteiger partial charge on any atom is -0.465 e. The first-order valence-corrected chi connectivity index (χ1v) is 4.55. The van der Waals surface area contributed by atoms with Crippen LogP contribution in [0.5, 0.6) is 0 Å². The summed E-state index contributed by atoms with van der Waals surface area (Å²) in [4.78, 5) is 22.9. The molecule has 3 heteroatoms. The predicted octanol–water partition coefficient (Wildman–Crippen LogP) is 1.80. The van der Waals surface area contributed by atoms with Crippen molar-refractivity contribution in [2.45, 2.75) is 34.6 Å². The molecule has 0 rings (SSSR count). The zero-order valence-electron chi connectivity index (χ0n) is 9.01. The van der Waals surface area contributed by atoms with Crippen molar-refractivity contribution in [3.63, 3.8) is 0 Å². The largest absolute Gasteiger partial charge is 0.465 e. The van der Waals surface area contributed by atoms with Crippen LogP contribution in [0.15, 0.2) is 0 Å². The van der Waals surface area contributed by atoms with Crippen molar-refractivity contribution >= 4 is 11.8 Å². The maximum Gasteiger partial charge on any atom is 0.319 e. The van der Waals surface area contributed by atoms with Gasteiger partial charge in [0.15, 0.2) is 5.78 Å². The Balaban J connectivity index is 4.55. The normalized spacial score (nSPS) is 11.5. The Labute approximate surface area is 79.5 Å². The van der Waals surface area contributed by atoms with Crippen LogP contribution in [0.3, 0.4) is 0 Å². The molecule has 76 valence electrons. The molecule has 0 aliphatic rings. The zero-order valence-corrected chi connectivity index (χ0v) is 9.01. The molecule has 0 fully saturated rings. The highest BCUT2D eigenvalue weighted by Crippen LogP contribution is 2.22. The summed E-state index contributed by atoms with van der Waals surface area (Å²) in [6.45, 7) is 8.81. The van der Waals surface area contributed by atoms with Crippen LogP contribution in [0.2, 0.25) is 0 Å². The first-order chi connectivity index (χ1) is 5.84. The van der Waals surface area contributed by atoms with Crippen LogP contribution in [-0.2, 0) is 14.3 Å². The average Bonchev–Trinajstić information content (AvgIpc) is 2.03. The van der Waals surface area contributed by atoms with Gasteiger partial charge in [0, 0.05) is 5.92 Å². The van der Waals surface area contributed by atoms with Crippen molar-refractivity contribution < 1.29 is 14.3 Å². The second-order valence-electron chi connectivity index (χ2n) is 3.86. The quantitative estimate of drug-likeness (QED) is 0.496. The monoisotopic (exact) mass is 186 g/mol. The third-order valence-corrected chi connectivity index (χ3v) is 1.93. The smallest absolute Gasteiger partial charge is 0.319 e. The molecule has 0 bridgehead atoms. The highest BCUT2D eigenvalue weighted by Gasteiger charge is 2.38. The van der Waals surface area contributed by atoms with E-state index in [-0.39, 0.29) is 11.7 Å². The number of esters is 1. The first-order valence-electron chi connectivity index (χ1n) is 4.55. The molecule has 0 aromatic rings. The fourth-order valence-corrected chi connectivity index (χ4v) is 1.13. The van der Waals surface area contributed by atoms with Gasteiger partial charge in [-0.25, -0.2) is 0 Å². The minimum atomic E-state index is -1.01. The van der Waals surface area contributed by atoms with Crippen LogP contribution >= 0.6 is 0 Å². The summed E-state index contributed by atoms with van der Waals surface area (Å²) in [7, 11) is 0. The fourth-order valence-electron chi connectivity index (χ4n) is 1.13. The van der Waals surface area contributed by atoms with E-state index in [9.17, 15) is 9.59 Å². The first kappa shape index (κ1) is 12.1. The Morgan fingerprint density at radius 1 is 1.31 bits per heavy atom. The van der Waals surface area contributed by atoms with Crippen molar-refractivity contribution in [2.75, 3.05) is 6.61 Å². The number of ether oxygens (including phenoxy) is 1. The summed E-state index contributed by atoms with van der Waals surface area (Å²) in [5.74, 6) is -0.654. The Morgan fingerprint density at radius 3 is 2.08 bits per heavy atom. The SMILES string of the molecule is CCOC(=O)C(C)(C)C(=O)C(C)C. The van der Waals surface area contributed by atoms with Crippen molar-refractivity contribution in [1.29, 1.82) is 0 Å². The summed E-state index contributed by atoms with van der Waals surface area (Å²) in [5.41, 5.74) is -1.01. The number of hydrogen-bond donors (Lipinski definition) is 0. The van der Waals surface area contributed by atoms with E-state index in [1.165, 1.54) is 0 Å². The van der Waals surface area contributed by atoms with Gasteiger partial charge in [-0.3, -0.25) is 9.59 Å². The van der Waals surface area contributed by atoms with Gasteiger partial charge in [0.05, 0.1) is 6.61 Å². The number of hydrogen-bond acceptors (Lipinski definition) is 3. The van der Waals surface area contributed by atoms with Crippen LogP contribution < -0.4 is 0 Å². The average molecular weight is 186 g/mol. The molecule has 3 nitrogen and oxygen atoms in total. The summed E-state index contributed by atoms with van der Waals surface area (Å²) in [5, 5.41) is 0. The molecule has 0 heterocycles. The van der Waals surface area contributed by atoms with Crippen molar-refractivity contribution in [1.82, 2.24) is 0 Å². The van der Waals surface area contributed by atoms with E-state index in [0.717, 1.165) is 0 Å². The summed E-state index contributed by atoms with van der Waals surface area (Å²) >= 11 is 0. The van der Waals surface area contributed by atoms with E-state index in [1.54, 1.807) is 34.6 Å². The van der Waals surface area contributed by atoms with Gasteiger partial charge in [0.25, 0.3) is 0 Å².